The molecule has 0 N–H and O–H groups in total. The van der Waals surface area contributed by atoms with Crippen molar-refractivity contribution in [2.75, 3.05) is 0 Å². The van der Waals surface area contributed by atoms with E-state index in [1.165, 1.54) is 0 Å². The second-order valence-corrected chi connectivity index (χ2v) is 0.731. The summed E-state index contributed by atoms with van der Waals surface area (Å²) in [7, 11) is 0. The van der Waals surface area contributed by atoms with Gasteiger partial charge in [-0.2, -0.15) is 6.07 Å². The van der Waals surface area contributed by atoms with E-state index < -0.39 is 0 Å². The Hall–Kier alpha value is -0.201. The van der Waals surface area contributed by atoms with Crippen LogP contribution >= 0.6 is 0 Å². The summed E-state index contributed by atoms with van der Waals surface area (Å²) in [6.45, 7) is 0. The Morgan fingerprint density at radius 2 is 2.33 bits per heavy atom. The van der Waals surface area contributed by atoms with E-state index in [-0.39, 0.29) is 17.1 Å². The zero-order valence-electron chi connectivity index (χ0n) is 2.94. The summed E-state index contributed by atoms with van der Waals surface area (Å²) in [5.74, 6) is 0. The molecule has 0 amide bonds. The Balaban J connectivity index is 0.000000250. The molecule has 0 aromatic carbocycles. The topological polar surface area (TPSA) is 13.1 Å². The smallest absolute Gasteiger partial charge is 0.599 e. The fourth-order valence-electron chi connectivity index (χ4n) is 0.196. The van der Waals surface area contributed by atoms with Crippen molar-refractivity contribution in [1.82, 2.24) is 0 Å². The van der Waals surface area contributed by atoms with Gasteiger partial charge in [0.15, 0.2) is 0 Å². The third-order valence-corrected chi connectivity index (χ3v) is 0.379. The van der Waals surface area contributed by atoms with Gasteiger partial charge in [0.2, 0.25) is 0 Å². The molecule has 0 radical (unpaired) electrons. The number of rotatable bonds is 0. The SMILES string of the molecule is [Cu+].[c-]1ccco1. The van der Waals surface area contributed by atoms with E-state index in [2.05, 4.69) is 10.7 Å². The van der Waals surface area contributed by atoms with Crippen LogP contribution in [0.15, 0.2) is 22.8 Å². The molecule has 0 saturated heterocycles. The Kier molecular flexibility index (Phi) is 2.91. The van der Waals surface area contributed by atoms with Crippen molar-refractivity contribution in [3.63, 3.8) is 0 Å². The zero-order valence-corrected chi connectivity index (χ0v) is 3.88. The number of hydrogen-bond acceptors (Lipinski definition) is 1. The summed E-state index contributed by atoms with van der Waals surface area (Å²) in [4.78, 5) is 0. The van der Waals surface area contributed by atoms with E-state index in [9.17, 15) is 0 Å². The van der Waals surface area contributed by atoms with Crippen molar-refractivity contribution in [3.8, 4) is 0 Å². The van der Waals surface area contributed by atoms with Gasteiger partial charge in [-0.25, -0.2) is 0 Å². The molecule has 1 aromatic heterocycles. The van der Waals surface area contributed by atoms with E-state index in [0.29, 0.717) is 0 Å². The van der Waals surface area contributed by atoms with Gasteiger partial charge in [-0.3, -0.25) is 0 Å². The van der Waals surface area contributed by atoms with Crippen molar-refractivity contribution in [2.24, 2.45) is 0 Å². The fraction of sp³-hybridized carbons (Fsp3) is 0. The average Bonchev–Trinajstić information content (AvgIpc) is 1.76. The predicted octanol–water partition coefficient (Wildman–Crippen LogP) is 1.08. The van der Waals surface area contributed by atoms with E-state index in [4.69, 9.17) is 0 Å². The van der Waals surface area contributed by atoms with E-state index in [0.717, 1.165) is 0 Å². The van der Waals surface area contributed by atoms with Crippen LogP contribution in [0.4, 0.5) is 0 Å². The molecular weight excluding hydrogens is 128 g/mol. The van der Waals surface area contributed by atoms with E-state index in [1.54, 1.807) is 18.4 Å². The van der Waals surface area contributed by atoms with Gasteiger partial charge in [0.05, 0.1) is 0 Å². The minimum atomic E-state index is 0. The van der Waals surface area contributed by atoms with Crippen LogP contribution in [-0.2, 0) is 17.1 Å². The molecule has 0 atom stereocenters. The summed E-state index contributed by atoms with van der Waals surface area (Å²) < 4.78 is 4.46. The van der Waals surface area contributed by atoms with Crippen LogP contribution in [0.5, 0.6) is 0 Å². The molecule has 1 heterocycles. The van der Waals surface area contributed by atoms with Crippen LogP contribution in [0.3, 0.4) is 0 Å². The maximum absolute atomic E-state index is 4.46. The van der Waals surface area contributed by atoms with Gasteiger partial charge in [0.1, 0.15) is 0 Å². The first-order chi connectivity index (χ1) is 2.50. The first-order valence-corrected chi connectivity index (χ1v) is 1.40. The first kappa shape index (κ1) is 5.80. The molecule has 1 nitrogen and oxygen atoms in total. The Bertz CT molecular complexity index is 64.0. The second kappa shape index (κ2) is 3.01. The molecule has 0 bridgehead atoms. The fourth-order valence-corrected chi connectivity index (χ4v) is 0.196. The average molecular weight is 131 g/mol. The van der Waals surface area contributed by atoms with Crippen LogP contribution in [0.25, 0.3) is 0 Å². The second-order valence-electron chi connectivity index (χ2n) is 0.731. The van der Waals surface area contributed by atoms with Gasteiger partial charge in [0, 0.05) is 0 Å². The van der Waals surface area contributed by atoms with Crippen molar-refractivity contribution in [1.29, 1.82) is 0 Å². The minimum Gasteiger partial charge on any atom is -0.599 e. The van der Waals surface area contributed by atoms with Crippen LogP contribution in [0.1, 0.15) is 0 Å². The van der Waals surface area contributed by atoms with Crippen molar-refractivity contribution in [2.45, 2.75) is 0 Å². The number of furan rings is 1. The predicted molar refractivity (Wildman–Crippen MR) is 17.5 cm³/mol. The first-order valence-electron chi connectivity index (χ1n) is 1.40. The molecule has 2 heteroatoms. The zero-order chi connectivity index (χ0) is 3.54. The van der Waals surface area contributed by atoms with Crippen LogP contribution in [0, 0.1) is 6.26 Å². The van der Waals surface area contributed by atoms with Gasteiger partial charge in [-0.1, -0.05) is 6.26 Å². The molecule has 1 rings (SSSR count). The van der Waals surface area contributed by atoms with E-state index in [1.807, 2.05) is 0 Å². The standard InChI is InChI=1S/C4H3O.Cu/c1-2-4-5-3-1;/h1-3H;/q-1;+1. The van der Waals surface area contributed by atoms with Gasteiger partial charge in [0.25, 0.3) is 0 Å². The summed E-state index contributed by atoms with van der Waals surface area (Å²) in [5.41, 5.74) is 0. The quantitative estimate of drug-likeness (QED) is 0.379. The van der Waals surface area contributed by atoms with Gasteiger partial charge in [-0.05, 0) is 6.26 Å². The van der Waals surface area contributed by atoms with E-state index >= 15 is 0 Å². The molecule has 0 unspecified atom stereocenters. The summed E-state index contributed by atoms with van der Waals surface area (Å²) in [5, 5.41) is 0. The molecule has 0 fully saturated rings. The molecule has 1 aromatic rings. The van der Waals surface area contributed by atoms with Crippen LogP contribution in [-0.4, -0.2) is 0 Å². The van der Waals surface area contributed by atoms with Gasteiger partial charge < -0.3 is 4.42 Å². The third-order valence-electron chi connectivity index (χ3n) is 0.379. The molecular formula is C4H3CuO. The summed E-state index contributed by atoms with van der Waals surface area (Å²) in [6.07, 6.45) is 4.06. The monoisotopic (exact) mass is 130 g/mol. The normalized spacial score (nSPS) is 6.67. The summed E-state index contributed by atoms with van der Waals surface area (Å²) in [6, 6.07) is 3.49. The number of hydrogen-bond donors (Lipinski definition) is 0. The Labute approximate surface area is 46.8 Å². The Morgan fingerprint density at radius 3 is 2.50 bits per heavy atom. The molecule has 36 valence electrons. The van der Waals surface area contributed by atoms with Gasteiger partial charge in [-0.15, -0.1) is 6.07 Å². The molecule has 0 aliphatic rings. The molecule has 0 spiro atoms. The maximum Gasteiger partial charge on any atom is 1.00 e. The third kappa shape index (κ3) is 1.29. The minimum absolute atomic E-state index is 0. The van der Waals surface area contributed by atoms with Crippen molar-refractivity contribution in [3.05, 3.63) is 24.7 Å². The molecule has 0 aliphatic carbocycles. The molecule has 0 aliphatic heterocycles. The van der Waals surface area contributed by atoms with Crippen LogP contribution in [0.2, 0.25) is 0 Å². The maximum atomic E-state index is 4.46. The molecule has 0 saturated carbocycles. The summed E-state index contributed by atoms with van der Waals surface area (Å²) >= 11 is 0. The Morgan fingerprint density at radius 1 is 1.50 bits per heavy atom. The largest absolute Gasteiger partial charge is 1.00 e. The van der Waals surface area contributed by atoms with Crippen molar-refractivity contribution < 1.29 is 21.5 Å². The van der Waals surface area contributed by atoms with Gasteiger partial charge >= 0.3 is 17.1 Å². The van der Waals surface area contributed by atoms with Crippen molar-refractivity contribution >= 4 is 0 Å². The molecule has 6 heavy (non-hydrogen) atoms. The van der Waals surface area contributed by atoms with Crippen LogP contribution < -0.4 is 0 Å².